The van der Waals surface area contributed by atoms with Crippen LogP contribution in [0.1, 0.15) is 105 Å². The number of hydrogen-bond acceptors (Lipinski definition) is 2. The second kappa shape index (κ2) is 9.62. The summed E-state index contributed by atoms with van der Waals surface area (Å²) in [5, 5.41) is 10.6. The highest BCUT2D eigenvalue weighted by atomic mass is 79.9. The molecular weight excluding hydrogens is 591 g/mol. The normalized spacial score (nSPS) is 45.0. The first kappa shape index (κ1) is 30.3. The fourth-order valence-corrected chi connectivity index (χ4v) is 12.7. The number of Topliss-reactive ketones (excluding diaryl/α,β-unsaturated/α-hetero) is 1. The first-order valence-electron chi connectivity index (χ1n) is 16.1. The largest absolute Gasteiger partial charge is 0.481 e. The van der Waals surface area contributed by atoms with Gasteiger partial charge in [0.15, 0.2) is 5.78 Å². The Hall–Kier alpha value is -1.75. The molecule has 0 spiro atoms. The molecule has 1 aromatic rings. The molecule has 42 heavy (non-hydrogen) atoms. The molecule has 0 aromatic heterocycles. The van der Waals surface area contributed by atoms with Gasteiger partial charge in [-0.2, -0.15) is 0 Å². The van der Waals surface area contributed by atoms with Crippen LogP contribution in [0.2, 0.25) is 0 Å². The molecule has 0 radical (unpaired) electrons. The summed E-state index contributed by atoms with van der Waals surface area (Å²) < 4.78 is 14.4. The van der Waals surface area contributed by atoms with E-state index >= 15 is 0 Å². The molecule has 0 saturated heterocycles. The maximum atomic E-state index is 14.0. The van der Waals surface area contributed by atoms with Gasteiger partial charge in [0.1, 0.15) is 5.82 Å². The van der Waals surface area contributed by atoms with Gasteiger partial charge >= 0.3 is 5.97 Å². The average Bonchev–Trinajstić information content (AvgIpc) is 3.31. The summed E-state index contributed by atoms with van der Waals surface area (Å²) in [6.45, 7) is 18.3. The highest BCUT2D eigenvalue weighted by molar-refractivity contribution is 9.10. The molecular formula is C37H48BrFO3. The lowest BCUT2D eigenvalue weighted by Gasteiger charge is -2.72. The highest BCUT2D eigenvalue weighted by Gasteiger charge is 2.72. The van der Waals surface area contributed by atoms with E-state index in [9.17, 15) is 19.1 Å². The van der Waals surface area contributed by atoms with Gasteiger partial charge in [-0.15, -0.1) is 0 Å². The van der Waals surface area contributed by atoms with Crippen LogP contribution < -0.4 is 0 Å². The van der Waals surface area contributed by atoms with E-state index in [1.54, 1.807) is 12.1 Å². The van der Waals surface area contributed by atoms with E-state index in [1.165, 1.54) is 6.07 Å². The number of fused-ring (bicyclic) bond motifs is 7. The van der Waals surface area contributed by atoms with E-state index < -0.39 is 16.8 Å². The van der Waals surface area contributed by atoms with E-state index in [1.807, 2.05) is 6.08 Å². The van der Waals surface area contributed by atoms with E-state index in [2.05, 4.69) is 64.1 Å². The van der Waals surface area contributed by atoms with Gasteiger partial charge in [0.25, 0.3) is 0 Å². The zero-order valence-electron chi connectivity index (χ0n) is 26.3. The standard InChI is InChI=1S/C37H48BrFO3/c1-21(2)24-12-15-37(32(41)42)17-16-35(6)25(30(24)37)9-11-29-34(5)20-23(18-22-8-10-27(39)26(38)19-22)31(40)33(3,4)28(34)13-14-36(29,35)7/h8,10,18-19,24-25,28-30H,1,9,11-17,20H2,2-7H3,(H,41,42)/b23-18+/t24-,25+,28-,29+,30+,34-,35+,36+,37-/m0/s1. The van der Waals surface area contributed by atoms with Crippen molar-refractivity contribution in [3.8, 4) is 0 Å². The van der Waals surface area contributed by atoms with Crippen molar-refractivity contribution in [1.82, 2.24) is 0 Å². The number of halogens is 2. The van der Waals surface area contributed by atoms with Gasteiger partial charge < -0.3 is 5.11 Å². The Kier molecular flexibility index (Phi) is 6.94. The number of aliphatic carboxylic acids is 1. The molecule has 5 saturated carbocycles. The third-order valence-corrected chi connectivity index (χ3v) is 15.0. The van der Waals surface area contributed by atoms with Crippen molar-refractivity contribution < 1.29 is 19.1 Å². The molecule has 0 amide bonds. The van der Waals surface area contributed by atoms with Gasteiger partial charge in [0.05, 0.1) is 9.89 Å². The van der Waals surface area contributed by atoms with Crippen LogP contribution in [0.4, 0.5) is 4.39 Å². The Bertz CT molecular complexity index is 1400. The number of allylic oxidation sites excluding steroid dienone is 2. The Morgan fingerprint density at radius 3 is 2.36 bits per heavy atom. The first-order chi connectivity index (χ1) is 19.5. The zero-order chi connectivity index (χ0) is 30.6. The van der Waals surface area contributed by atoms with Crippen LogP contribution in [0.25, 0.3) is 6.08 Å². The van der Waals surface area contributed by atoms with Crippen molar-refractivity contribution in [1.29, 1.82) is 0 Å². The number of carboxylic acid groups (broad SMARTS) is 1. The molecule has 9 atom stereocenters. The van der Waals surface area contributed by atoms with E-state index in [-0.39, 0.29) is 39.7 Å². The van der Waals surface area contributed by atoms with E-state index in [0.717, 1.165) is 74.5 Å². The number of benzene rings is 1. The second-order valence-corrected chi connectivity index (χ2v) is 17.1. The molecule has 6 rings (SSSR count). The lowest BCUT2D eigenvalue weighted by Crippen LogP contribution is -2.67. The molecule has 5 aliphatic carbocycles. The van der Waals surface area contributed by atoms with Gasteiger partial charge in [-0.1, -0.05) is 52.8 Å². The second-order valence-electron chi connectivity index (χ2n) is 16.2. The van der Waals surface area contributed by atoms with Crippen LogP contribution in [-0.4, -0.2) is 16.9 Å². The number of rotatable bonds is 3. The Morgan fingerprint density at radius 2 is 1.71 bits per heavy atom. The van der Waals surface area contributed by atoms with Gasteiger partial charge in [-0.05, 0) is 156 Å². The SMILES string of the molecule is C=C(C)[C@@H]1CC[C@]2(C(=O)O)CC[C@]3(C)[C@H](CC[C@@H]4[C@@]5(C)C/C(=C\c6ccc(F)c(Br)c6)C(=O)C(C)(C)[C@@H]5CC[C@]43C)[C@@H]12. The summed E-state index contributed by atoms with van der Waals surface area (Å²) >= 11 is 3.32. The minimum atomic E-state index is -0.614. The minimum absolute atomic E-state index is 0.0445. The molecule has 0 bridgehead atoms. The third-order valence-electron chi connectivity index (χ3n) is 14.4. The average molecular weight is 640 g/mol. The first-order valence-corrected chi connectivity index (χ1v) is 16.9. The third kappa shape index (κ3) is 3.86. The predicted octanol–water partition coefficient (Wildman–Crippen LogP) is 9.89. The van der Waals surface area contributed by atoms with Gasteiger partial charge in [-0.3, -0.25) is 9.59 Å². The highest BCUT2D eigenvalue weighted by Crippen LogP contribution is 2.77. The van der Waals surface area contributed by atoms with Crippen molar-refractivity contribution in [2.45, 2.75) is 99.3 Å². The summed E-state index contributed by atoms with van der Waals surface area (Å²) in [7, 11) is 0. The summed E-state index contributed by atoms with van der Waals surface area (Å²) in [5.41, 5.74) is 1.84. The van der Waals surface area contributed by atoms with E-state index in [0.29, 0.717) is 22.2 Å². The molecule has 0 unspecified atom stereocenters. The lowest BCUT2D eigenvalue weighted by atomic mass is 9.32. The number of carbonyl (C=O) groups excluding carboxylic acids is 1. The minimum Gasteiger partial charge on any atom is -0.481 e. The topological polar surface area (TPSA) is 54.4 Å². The van der Waals surface area contributed by atoms with Crippen molar-refractivity contribution in [2.75, 3.05) is 0 Å². The lowest BCUT2D eigenvalue weighted by molar-refractivity contribution is -0.231. The quantitative estimate of drug-likeness (QED) is 0.265. The molecule has 5 heteroatoms. The van der Waals surface area contributed by atoms with Crippen molar-refractivity contribution >= 4 is 33.8 Å². The maximum Gasteiger partial charge on any atom is 0.309 e. The van der Waals surface area contributed by atoms with E-state index in [4.69, 9.17) is 0 Å². The number of carboxylic acids is 1. The number of ketones is 1. The summed E-state index contributed by atoms with van der Waals surface area (Å²) in [5.74, 6) is 0.900. The fraction of sp³-hybridized carbons (Fsp3) is 0.676. The summed E-state index contributed by atoms with van der Waals surface area (Å²) in [6, 6.07) is 4.99. The summed E-state index contributed by atoms with van der Waals surface area (Å²) in [4.78, 5) is 27.0. The Morgan fingerprint density at radius 1 is 1.00 bits per heavy atom. The predicted molar refractivity (Wildman–Crippen MR) is 169 cm³/mol. The molecule has 1 N–H and O–H groups in total. The number of hydrogen-bond donors (Lipinski definition) is 1. The van der Waals surface area contributed by atoms with Crippen molar-refractivity contribution in [3.05, 3.63) is 51.8 Å². The van der Waals surface area contributed by atoms with Crippen LogP contribution in [-0.2, 0) is 9.59 Å². The molecule has 5 aliphatic rings. The van der Waals surface area contributed by atoms with Gasteiger partial charge in [0.2, 0.25) is 0 Å². The molecule has 3 nitrogen and oxygen atoms in total. The molecule has 5 fully saturated rings. The fourth-order valence-electron chi connectivity index (χ4n) is 12.3. The Balaban J connectivity index is 1.41. The van der Waals surface area contributed by atoms with Crippen molar-refractivity contribution in [3.63, 3.8) is 0 Å². The van der Waals surface area contributed by atoms with Crippen LogP contribution in [0, 0.1) is 62.5 Å². The number of carbonyl (C=O) groups is 2. The van der Waals surface area contributed by atoms with Gasteiger partial charge in [-0.25, -0.2) is 4.39 Å². The smallest absolute Gasteiger partial charge is 0.309 e. The van der Waals surface area contributed by atoms with Crippen LogP contribution in [0.15, 0.2) is 40.4 Å². The van der Waals surface area contributed by atoms with Crippen molar-refractivity contribution in [2.24, 2.45) is 56.7 Å². The summed E-state index contributed by atoms with van der Waals surface area (Å²) in [6.07, 6.45) is 10.5. The molecule has 0 heterocycles. The maximum absolute atomic E-state index is 14.0. The molecule has 228 valence electrons. The molecule has 0 aliphatic heterocycles. The monoisotopic (exact) mass is 638 g/mol. The zero-order valence-corrected chi connectivity index (χ0v) is 27.9. The Labute approximate surface area is 259 Å². The van der Waals surface area contributed by atoms with Crippen LogP contribution >= 0.6 is 15.9 Å². The molecule has 1 aromatic carbocycles. The van der Waals surface area contributed by atoms with Crippen LogP contribution in [0.5, 0.6) is 0 Å². The van der Waals surface area contributed by atoms with Gasteiger partial charge in [0, 0.05) is 5.41 Å². The van der Waals surface area contributed by atoms with Crippen LogP contribution in [0.3, 0.4) is 0 Å².